The predicted molar refractivity (Wildman–Crippen MR) is 58.3 cm³/mol. The summed E-state index contributed by atoms with van der Waals surface area (Å²) < 4.78 is 16.0. The minimum Gasteiger partial charge on any atom is -0.488 e. The van der Waals surface area contributed by atoms with Crippen LogP contribution in [-0.4, -0.2) is 31.2 Å². The highest BCUT2D eigenvalue weighted by atomic mass is 16.7. The molecule has 0 saturated carbocycles. The van der Waals surface area contributed by atoms with Crippen LogP contribution < -0.4 is 4.74 Å². The van der Waals surface area contributed by atoms with E-state index in [0.717, 1.165) is 11.3 Å². The Morgan fingerprint density at radius 3 is 2.88 bits per heavy atom. The van der Waals surface area contributed by atoms with Crippen molar-refractivity contribution in [1.82, 2.24) is 0 Å². The molecule has 0 unspecified atom stereocenters. The Morgan fingerprint density at radius 2 is 2.19 bits per heavy atom. The van der Waals surface area contributed by atoms with Crippen molar-refractivity contribution in [2.45, 2.75) is 19.3 Å². The van der Waals surface area contributed by atoms with Gasteiger partial charge < -0.3 is 19.3 Å². The summed E-state index contributed by atoms with van der Waals surface area (Å²) in [7, 11) is 0. The molecule has 1 saturated heterocycles. The summed E-state index contributed by atoms with van der Waals surface area (Å²) in [6.07, 6.45) is -0.752. The van der Waals surface area contributed by atoms with Gasteiger partial charge in [0.05, 0.1) is 19.3 Å². The molecule has 1 aliphatic rings. The van der Waals surface area contributed by atoms with Gasteiger partial charge in [-0.2, -0.15) is 0 Å². The predicted octanol–water partition coefficient (Wildman–Crippen LogP) is 1.49. The molecule has 1 aromatic rings. The molecule has 1 fully saturated rings. The van der Waals surface area contributed by atoms with Crippen LogP contribution in [0, 0.1) is 0 Å². The molecule has 0 aromatic heterocycles. The van der Waals surface area contributed by atoms with Gasteiger partial charge in [-0.1, -0.05) is 12.1 Å². The van der Waals surface area contributed by atoms with Crippen LogP contribution >= 0.6 is 0 Å². The van der Waals surface area contributed by atoms with E-state index in [1.165, 1.54) is 0 Å². The van der Waals surface area contributed by atoms with Crippen LogP contribution in [0.15, 0.2) is 24.3 Å². The molecule has 0 bridgehead atoms. The van der Waals surface area contributed by atoms with Crippen molar-refractivity contribution in [3.8, 4) is 5.75 Å². The van der Waals surface area contributed by atoms with Crippen molar-refractivity contribution in [2.75, 3.05) is 19.8 Å². The summed E-state index contributed by atoms with van der Waals surface area (Å²) in [5.41, 5.74) is 0.839. The van der Waals surface area contributed by atoms with E-state index in [1.54, 1.807) is 6.92 Å². The third kappa shape index (κ3) is 2.95. The van der Waals surface area contributed by atoms with E-state index < -0.39 is 6.10 Å². The molecular weight excluding hydrogens is 208 g/mol. The van der Waals surface area contributed by atoms with E-state index >= 15 is 0 Å². The second kappa shape index (κ2) is 5.30. The zero-order valence-electron chi connectivity index (χ0n) is 9.26. The first-order valence-electron chi connectivity index (χ1n) is 5.40. The van der Waals surface area contributed by atoms with Gasteiger partial charge in [-0.25, -0.2) is 0 Å². The van der Waals surface area contributed by atoms with Gasteiger partial charge in [-0.05, 0) is 24.6 Å². The van der Waals surface area contributed by atoms with Gasteiger partial charge in [0, 0.05) is 0 Å². The van der Waals surface area contributed by atoms with Gasteiger partial charge in [0.25, 0.3) is 0 Å². The molecule has 0 amide bonds. The minimum atomic E-state index is -0.484. The van der Waals surface area contributed by atoms with Gasteiger partial charge in [0.15, 0.2) is 6.29 Å². The number of aliphatic hydroxyl groups is 1. The summed E-state index contributed by atoms with van der Waals surface area (Å²) in [4.78, 5) is 0. The SMILES string of the molecule is C[C@@H](O)c1cccc(OCC2OCCO2)c1. The topological polar surface area (TPSA) is 47.9 Å². The monoisotopic (exact) mass is 224 g/mol. The fraction of sp³-hybridized carbons (Fsp3) is 0.500. The first kappa shape index (κ1) is 11.4. The number of benzene rings is 1. The van der Waals surface area contributed by atoms with Gasteiger partial charge in [0.1, 0.15) is 12.4 Å². The van der Waals surface area contributed by atoms with Crippen molar-refractivity contribution >= 4 is 0 Å². The molecule has 2 rings (SSSR count). The maximum Gasteiger partial charge on any atom is 0.191 e. The third-order valence-corrected chi connectivity index (χ3v) is 2.42. The number of hydrogen-bond donors (Lipinski definition) is 1. The van der Waals surface area contributed by atoms with Gasteiger partial charge in [0.2, 0.25) is 0 Å². The second-order valence-electron chi connectivity index (χ2n) is 3.73. The van der Waals surface area contributed by atoms with Crippen molar-refractivity contribution < 1.29 is 19.3 Å². The van der Waals surface area contributed by atoms with Gasteiger partial charge in [-0.3, -0.25) is 0 Å². The Balaban J connectivity index is 1.90. The number of ether oxygens (including phenoxy) is 3. The smallest absolute Gasteiger partial charge is 0.191 e. The highest BCUT2D eigenvalue weighted by Gasteiger charge is 2.16. The third-order valence-electron chi connectivity index (χ3n) is 2.42. The molecule has 0 aliphatic carbocycles. The van der Waals surface area contributed by atoms with Crippen LogP contribution in [0.2, 0.25) is 0 Å². The standard InChI is InChI=1S/C12H16O4/c1-9(13)10-3-2-4-11(7-10)16-8-12-14-5-6-15-12/h2-4,7,9,12-13H,5-6,8H2,1H3/t9-/m1/s1. The molecule has 1 aliphatic heterocycles. The van der Waals surface area contributed by atoms with E-state index in [4.69, 9.17) is 14.2 Å². The molecule has 4 nitrogen and oxygen atoms in total. The van der Waals surface area contributed by atoms with Gasteiger partial charge >= 0.3 is 0 Å². The fourth-order valence-corrected chi connectivity index (χ4v) is 1.53. The average molecular weight is 224 g/mol. The number of aliphatic hydroxyl groups excluding tert-OH is 1. The lowest BCUT2D eigenvalue weighted by molar-refractivity contribution is -0.0684. The lowest BCUT2D eigenvalue weighted by Crippen LogP contribution is -2.18. The second-order valence-corrected chi connectivity index (χ2v) is 3.73. The molecular formula is C12H16O4. The number of rotatable bonds is 4. The summed E-state index contributed by atoms with van der Waals surface area (Å²) in [5, 5.41) is 9.42. The summed E-state index contributed by atoms with van der Waals surface area (Å²) >= 11 is 0. The van der Waals surface area contributed by atoms with Crippen LogP contribution in [0.25, 0.3) is 0 Å². The zero-order chi connectivity index (χ0) is 11.4. The molecule has 0 radical (unpaired) electrons. The Labute approximate surface area is 94.8 Å². The Kier molecular flexibility index (Phi) is 3.77. The molecule has 1 atom stereocenters. The van der Waals surface area contributed by atoms with Crippen LogP contribution in [-0.2, 0) is 9.47 Å². The van der Waals surface area contributed by atoms with Gasteiger partial charge in [-0.15, -0.1) is 0 Å². The van der Waals surface area contributed by atoms with Crippen molar-refractivity contribution in [3.63, 3.8) is 0 Å². The molecule has 88 valence electrons. The van der Waals surface area contributed by atoms with Crippen molar-refractivity contribution in [2.24, 2.45) is 0 Å². The van der Waals surface area contributed by atoms with Crippen LogP contribution in [0.1, 0.15) is 18.6 Å². The zero-order valence-corrected chi connectivity index (χ0v) is 9.26. The van der Waals surface area contributed by atoms with Crippen LogP contribution in [0.4, 0.5) is 0 Å². The van der Waals surface area contributed by atoms with E-state index in [2.05, 4.69) is 0 Å². The van der Waals surface area contributed by atoms with Crippen LogP contribution in [0.5, 0.6) is 5.75 Å². The molecule has 0 spiro atoms. The number of hydrogen-bond acceptors (Lipinski definition) is 4. The highest BCUT2D eigenvalue weighted by molar-refractivity contribution is 5.29. The Morgan fingerprint density at radius 1 is 1.44 bits per heavy atom. The first-order chi connectivity index (χ1) is 7.75. The maximum atomic E-state index is 9.42. The van der Waals surface area contributed by atoms with Crippen LogP contribution in [0.3, 0.4) is 0 Å². The average Bonchev–Trinajstić information content (AvgIpc) is 2.79. The lowest BCUT2D eigenvalue weighted by Gasteiger charge is -2.12. The minimum absolute atomic E-state index is 0.268. The van der Waals surface area contributed by atoms with E-state index in [9.17, 15) is 5.11 Å². The molecule has 1 heterocycles. The fourth-order valence-electron chi connectivity index (χ4n) is 1.53. The largest absolute Gasteiger partial charge is 0.488 e. The first-order valence-corrected chi connectivity index (χ1v) is 5.40. The molecule has 16 heavy (non-hydrogen) atoms. The Hall–Kier alpha value is -1.10. The quantitative estimate of drug-likeness (QED) is 0.841. The van der Waals surface area contributed by atoms with E-state index in [0.29, 0.717) is 19.8 Å². The summed E-state index contributed by atoms with van der Waals surface area (Å²) in [6, 6.07) is 7.38. The summed E-state index contributed by atoms with van der Waals surface area (Å²) in [5.74, 6) is 0.720. The molecule has 1 aromatic carbocycles. The maximum absolute atomic E-state index is 9.42. The lowest BCUT2D eigenvalue weighted by atomic mass is 10.1. The summed E-state index contributed by atoms with van der Waals surface area (Å²) in [6.45, 7) is 3.36. The molecule has 4 heteroatoms. The molecule has 1 N–H and O–H groups in total. The highest BCUT2D eigenvalue weighted by Crippen LogP contribution is 2.19. The van der Waals surface area contributed by atoms with E-state index in [1.807, 2.05) is 24.3 Å². The van der Waals surface area contributed by atoms with Crippen molar-refractivity contribution in [1.29, 1.82) is 0 Å². The normalized spacial score (nSPS) is 18.6. The van der Waals surface area contributed by atoms with Crippen molar-refractivity contribution in [3.05, 3.63) is 29.8 Å². The Bertz CT molecular complexity index is 332. The van der Waals surface area contributed by atoms with E-state index in [-0.39, 0.29) is 6.29 Å².